The topological polar surface area (TPSA) is 71.3 Å². The van der Waals surface area contributed by atoms with Crippen LogP contribution < -0.4 is 10.2 Å². The van der Waals surface area contributed by atoms with Crippen molar-refractivity contribution >= 4 is 29.0 Å². The second-order valence-electron chi connectivity index (χ2n) is 6.71. The Hall–Kier alpha value is -2.80. The molecule has 0 aliphatic carbocycles. The summed E-state index contributed by atoms with van der Waals surface area (Å²) in [6, 6.07) is 15.8. The molecule has 1 unspecified atom stereocenters. The molecule has 1 aromatic heterocycles. The van der Waals surface area contributed by atoms with Crippen LogP contribution in [0.25, 0.3) is 11.5 Å². The molecule has 29 heavy (non-hydrogen) atoms. The number of hydrogen-bond acceptors (Lipinski definition) is 6. The van der Waals surface area contributed by atoms with Gasteiger partial charge in [0.05, 0.1) is 5.25 Å². The fourth-order valence-electron chi connectivity index (χ4n) is 2.95. The van der Waals surface area contributed by atoms with Crippen LogP contribution in [-0.4, -0.2) is 34.4 Å². The zero-order valence-electron chi connectivity index (χ0n) is 17.2. The number of thioether (sulfide) groups is 1. The summed E-state index contributed by atoms with van der Waals surface area (Å²) in [6.07, 6.45) is 0. The van der Waals surface area contributed by atoms with E-state index in [0.29, 0.717) is 11.1 Å². The lowest BCUT2D eigenvalue weighted by Gasteiger charge is -2.20. The summed E-state index contributed by atoms with van der Waals surface area (Å²) in [5, 5.41) is 11.1. The molecule has 0 bridgehead atoms. The van der Waals surface area contributed by atoms with Crippen LogP contribution in [-0.2, 0) is 4.79 Å². The third-order valence-electron chi connectivity index (χ3n) is 4.58. The van der Waals surface area contributed by atoms with Crippen molar-refractivity contribution in [2.24, 2.45) is 0 Å². The number of amides is 1. The molecule has 3 rings (SSSR count). The summed E-state index contributed by atoms with van der Waals surface area (Å²) in [5.74, 6) is 0.341. The van der Waals surface area contributed by atoms with Gasteiger partial charge in [0.15, 0.2) is 0 Å². The third kappa shape index (κ3) is 5.38. The summed E-state index contributed by atoms with van der Waals surface area (Å²) >= 11 is 1.25. The molecule has 6 nitrogen and oxygen atoms in total. The van der Waals surface area contributed by atoms with Crippen molar-refractivity contribution in [3.05, 3.63) is 54.1 Å². The normalized spacial score (nSPS) is 11.9. The van der Waals surface area contributed by atoms with Gasteiger partial charge in [-0.1, -0.05) is 23.9 Å². The van der Waals surface area contributed by atoms with E-state index in [-0.39, 0.29) is 11.2 Å². The molecule has 1 N–H and O–H groups in total. The fourth-order valence-corrected chi connectivity index (χ4v) is 3.63. The summed E-state index contributed by atoms with van der Waals surface area (Å²) < 4.78 is 5.76. The van der Waals surface area contributed by atoms with Crippen LogP contribution >= 0.6 is 11.8 Å². The first-order valence-electron chi connectivity index (χ1n) is 9.73. The van der Waals surface area contributed by atoms with Crippen LogP contribution in [0.5, 0.6) is 0 Å². The molecule has 0 radical (unpaired) electrons. The first-order valence-corrected chi connectivity index (χ1v) is 10.6. The van der Waals surface area contributed by atoms with Gasteiger partial charge in [0.1, 0.15) is 0 Å². The van der Waals surface area contributed by atoms with Crippen LogP contribution in [0.15, 0.2) is 58.2 Å². The Bertz CT molecular complexity index is 951. The highest BCUT2D eigenvalue weighted by atomic mass is 32.2. The Morgan fingerprint density at radius 3 is 2.52 bits per heavy atom. The van der Waals surface area contributed by atoms with Crippen LogP contribution in [0, 0.1) is 6.92 Å². The Kier molecular flexibility index (Phi) is 6.93. The second kappa shape index (κ2) is 9.60. The minimum absolute atomic E-state index is 0.107. The number of aryl methyl sites for hydroxylation is 1. The minimum atomic E-state index is -0.367. The van der Waals surface area contributed by atoms with Gasteiger partial charge in [-0.25, -0.2) is 0 Å². The maximum Gasteiger partial charge on any atom is 0.277 e. The number of hydrogen-bond donors (Lipinski definition) is 1. The first-order chi connectivity index (χ1) is 14.0. The molecule has 0 saturated heterocycles. The standard InChI is InChI=1S/C22H26N4O2S/c1-5-26(6-2)19-12-10-17(11-13-19)21-24-25-22(28-21)29-16(4)20(27)23-18-9-7-8-15(3)14-18/h7-14,16H,5-6H2,1-4H3,(H,23,27). The number of nitrogens with one attached hydrogen (secondary N) is 1. The molecule has 152 valence electrons. The smallest absolute Gasteiger partial charge is 0.277 e. The van der Waals surface area contributed by atoms with E-state index in [1.165, 1.54) is 11.8 Å². The van der Waals surface area contributed by atoms with Gasteiger partial charge in [0.2, 0.25) is 11.8 Å². The predicted octanol–water partition coefficient (Wildman–Crippen LogP) is 5.01. The average molecular weight is 411 g/mol. The third-order valence-corrected chi connectivity index (χ3v) is 5.52. The number of aromatic nitrogens is 2. The van der Waals surface area contributed by atoms with Gasteiger partial charge >= 0.3 is 0 Å². The molecular weight excluding hydrogens is 384 g/mol. The Morgan fingerprint density at radius 1 is 1.14 bits per heavy atom. The zero-order valence-corrected chi connectivity index (χ0v) is 18.0. The van der Waals surface area contributed by atoms with Crippen molar-refractivity contribution in [1.29, 1.82) is 0 Å². The van der Waals surface area contributed by atoms with Crippen molar-refractivity contribution in [3.63, 3.8) is 0 Å². The largest absolute Gasteiger partial charge is 0.411 e. The molecule has 1 heterocycles. The van der Waals surface area contributed by atoms with Gasteiger partial charge in [-0.2, -0.15) is 0 Å². The molecule has 7 heteroatoms. The number of benzene rings is 2. The van der Waals surface area contributed by atoms with E-state index in [4.69, 9.17) is 4.42 Å². The van der Waals surface area contributed by atoms with Crippen molar-refractivity contribution in [2.75, 3.05) is 23.3 Å². The number of carbonyl (C=O) groups is 1. The summed E-state index contributed by atoms with van der Waals surface area (Å²) in [4.78, 5) is 14.7. The molecule has 3 aromatic rings. The van der Waals surface area contributed by atoms with E-state index in [2.05, 4.69) is 46.4 Å². The average Bonchev–Trinajstić information content (AvgIpc) is 3.18. The molecule has 0 fully saturated rings. The molecule has 0 aliphatic heterocycles. The SMILES string of the molecule is CCN(CC)c1ccc(-c2nnc(SC(C)C(=O)Nc3cccc(C)c3)o2)cc1. The van der Waals surface area contributed by atoms with Crippen molar-refractivity contribution in [1.82, 2.24) is 10.2 Å². The van der Waals surface area contributed by atoms with Crippen molar-refractivity contribution < 1.29 is 9.21 Å². The molecular formula is C22H26N4O2S. The summed E-state index contributed by atoms with van der Waals surface area (Å²) in [6.45, 7) is 9.99. The highest BCUT2D eigenvalue weighted by Gasteiger charge is 2.19. The van der Waals surface area contributed by atoms with Crippen LogP contribution in [0.2, 0.25) is 0 Å². The van der Waals surface area contributed by atoms with E-state index in [0.717, 1.165) is 35.6 Å². The lowest BCUT2D eigenvalue weighted by molar-refractivity contribution is -0.115. The van der Waals surface area contributed by atoms with Crippen LogP contribution in [0.3, 0.4) is 0 Å². The molecule has 1 atom stereocenters. The van der Waals surface area contributed by atoms with Crippen molar-refractivity contribution in [2.45, 2.75) is 38.2 Å². The summed E-state index contributed by atoms with van der Waals surface area (Å²) in [7, 11) is 0. The highest BCUT2D eigenvalue weighted by Crippen LogP contribution is 2.28. The highest BCUT2D eigenvalue weighted by molar-refractivity contribution is 8.00. The lowest BCUT2D eigenvalue weighted by atomic mass is 10.2. The Balaban J connectivity index is 1.63. The van der Waals surface area contributed by atoms with E-state index in [9.17, 15) is 4.79 Å². The lowest BCUT2D eigenvalue weighted by Crippen LogP contribution is -2.22. The fraction of sp³-hybridized carbons (Fsp3) is 0.318. The van der Waals surface area contributed by atoms with E-state index >= 15 is 0 Å². The van der Waals surface area contributed by atoms with E-state index < -0.39 is 0 Å². The predicted molar refractivity (Wildman–Crippen MR) is 118 cm³/mol. The number of anilines is 2. The van der Waals surface area contributed by atoms with Gasteiger partial charge < -0.3 is 14.6 Å². The van der Waals surface area contributed by atoms with Gasteiger partial charge in [-0.05, 0) is 69.7 Å². The quantitative estimate of drug-likeness (QED) is 0.526. The number of carbonyl (C=O) groups excluding carboxylic acids is 1. The van der Waals surface area contributed by atoms with Gasteiger partial charge in [-0.15, -0.1) is 10.2 Å². The molecule has 1 amide bonds. The molecule has 0 saturated carbocycles. The van der Waals surface area contributed by atoms with Gasteiger partial charge in [0.25, 0.3) is 5.22 Å². The Morgan fingerprint density at radius 2 is 1.86 bits per heavy atom. The van der Waals surface area contributed by atoms with Gasteiger partial charge in [-0.3, -0.25) is 4.79 Å². The van der Waals surface area contributed by atoms with Crippen LogP contribution in [0.1, 0.15) is 26.3 Å². The monoisotopic (exact) mass is 410 g/mol. The number of nitrogens with zero attached hydrogens (tertiary/aromatic N) is 3. The number of rotatable bonds is 8. The van der Waals surface area contributed by atoms with Crippen molar-refractivity contribution in [3.8, 4) is 11.5 Å². The maximum absolute atomic E-state index is 12.4. The molecule has 2 aromatic carbocycles. The first kappa shape index (κ1) is 20.9. The molecule has 0 spiro atoms. The maximum atomic E-state index is 12.4. The zero-order chi connectivity index (χ0) is 20.8. The van der Waals surface area contributed by atoms with Gasteiger partial charge in [0, 0.05) is 30.0 Å². The van der Waals surface area contributed by atoms with E-state index in [1.54, 1.807) is 0 Å². The molecule has 0 aliphatic rings. The Labute approximate surface area is 175 Å². The van der Waals surface area contributed by atoms with Crippen LogP contribution in [0.4, 0.5) is 11.4 Å². The second-order valence-corrected chi connectivity index (χ2v) is 8.00. The van der Waals surface area contributed by atoms with E-state index in [1.807, 2.05) is 50.2 Å². The minimum Gasteiger partial charge on any atom is -0.411 e. The summed E-state index contributed by atoms with van der Waals surface area (Å²) in [5.41, 5.74) is 3.89.